The maximum absolute atomic E-state index is 13.1. The first-order valence-electron chi connectivity index (χ1n) is 10.3. The number of ether oxygens (including phenoxy) is 1. The molecular formula is C23H27N3O3. The van der Waals surface area contributed by atoms with Gasteiger partial charge in [0.15, 0.2) is 0 Å². The zero-order valence-corrected chi connectivity index (χ0v) is 16.5. The second kappa shape index (κ2) is 9.09. The highest BCUT2D eigenvalue weighted by molar-refractivity contribution is 5.95. The smallest absolute Gasteiger partial charge is 0.254 e. The van der Waals surface area contributed by atoms with Gasteiger partial charge in [-0.3, -0.25) is 14.5 Å². The van der Waals surface area contributed by atoms with Gasteiger partial charge in [-0.05, 0) is 31.0 Å². The van der Waals surface area contributed by atoms with Gasteiger partial charge in [0.25, 0.3) is 5.91 Å². The predicted octanol–water partition coefficient (Wildman–Crippen LogP) is 2.30. The fourth-order valence-corrected chi connectivity index (χ4v) is 3.52. The van der Waals surface area contributed by atoms with Crippen LogP contribution in [0.5, 0.6) is 5.75 Å². The maximum Gasteiger partial charge on any atom is 0.254 e. The van der Waals surface area contributed by atoms with Crippen molar-refractivity contribution in [3.05, 3.63) is 65.7 Å². The highest BCUT2D eigenvalue weighted by Gasteiger charge is 2.27. The molecule has 6 heteroatoms. The molecule has 2 aliphatic rings. The SMILES string of the molecule is O=C(CN1CCN(C(=O)c2ccccc2COc2ccccc2)CC1)NC1CC1. The molecule has 0 bridgehead atoms. The number of carbonyl (C=O) groups is 2. The summed E-state index contributed by atoms with van der Waals surface area (Å²) < 4.78 is 5.84. The summed E-state index contributed by atoms with van der Waals surface area (Å²) >= 11 is 0. The molecule has 2 amide bonds. The molecule has 2 aromatic rings. The fourth-order valence-electron chi connectivity index (χ4n) is 3.52. The number of nitrogens with zero attached hydrogens (tertiary/aromatic N) is 2. The summed E-state index contributed by atoms with van der Waals surface area (Å²) in [4.78, 5) is 29.1. The summed E-state index contributed by atoms with van der Waals surface area (Å²) in [5, 5.41) is 3.02. The molecule has 0 aromatic heterocycles. The lowest BCUT2D eigenvalue weighted by Crippen LogP contribution is -2.51. The van der Waals surface area contributed by atoms with E-state index in [0.29, 0.717) is 50.9 Å². The van der Waals surface area contributed by atoms with Crippen molar-refractivity contribution in [3.8, 4) is 5.75 Å². The minimum atomic E-state index is 0.0272. The molecule has 0 spiro atoms. The monoisotopic (exact) mass is 393 g/mol. The van der Waals surface area contributed by atoms with Crippen LogP contribution in [0.1, 0.15) is 28.8 Å². The lowest BCUT2D eigenvalue weighted by molar-refractivity contribution is -0.122. The van der Waals surface area contributed by atoms with Gasteiger partial charge in [0.1, 0.15) is 12.4 Å². The number of hydrogen-bond donors (Lipinski definition) is 1. The quantitative estimate of drug-likeness (QED) is 0.784. The van der Waals surface area contributed by atoms with E-state index in [4.69, 9.17) is 4.74 Å². The molecule has 1 N–H and O–H groups in total. The fraction of sp³-hybridized carbons (Fsp3) is 0.391. The Morgan fingerprint density at radius 3 is 2.34 bits per heavy atom. The van der Waals surface area contributed by atoms with Gasteiger partial charge in [-0.15, -0.1) is 0 Å². The van der Waals surface area contributed by atoms with E-state index in [1.54, 1.807) is 0 Å². The van der Waals surface area contributed by atoms with Gasteiger partial charge in [-0.1, -0.05) is 36.4 Å². The van der Waals surface area contributed by atoms with Crippen LogP contribution < -0.4 is 10.1 Å². The molecule has 0 radical (unpaired) electrons. The zero-order valence-electron chi connectivity index (χ0n) is 16.5. The summed E-state index contributed by atoms with van der Waals surface area (Å²) in [6.45, 7) is 3.46. The number of nitrogens with one attached hydrogen (secondary N) is 1. The van der Waals surface area contributed by atoms with Gasteiger partial charge in [-0.2, -0.15) is 0 Å². The summed E-state index contributed by atoms with van der Waals surface area (Å²) in [5.41, 5.74) is 1.57. The van der Waals surface area contributed by atoms with Gasteiger partial charge >= 0.3 is 0 Å². The van der Waals surface area contributed by atoms with Gasteiger partial charge in [-0.25, -0.2) is 0 Å². The Morgan fingerprint density at radius 1 is 0.931 bits per heavy atom. The number of para-hydroxylation sites is 1. The Bertz CT molecular complexity index is 843. The third-order valence-electron chi connectivity index (χ3n) is 5.35. The van der Waals surface area contributed by atoms with Crippen LogP contribution in [0, 0.1) is 0 Å². The number of hydrogen-bond acceptors (Lipinski definition) is 4. The van der Waals surface area contributed by atoms with Gasteiger partial charge < -0.3 is 15.0 Å². The Labute approximate surface area is 171 Å². The summed E-state index contributed by atoms with van der Waals surface area (Å²) in [5.74, 6) is 0.905. The van der Waals surface area contributed by atoms with Crippen LogP contribution in [0.4, 0.5) is 0 Å². The van der Waals surface area contributed by atoms with Crippen molar-refractivity contribution in [3.63, 3.8) is 0 Å². The lowest BCUT2D eigenvalue weighted by atomic mass is 10.1. The minimum absolute atomic E-state index is 0.0272. The highest BCUT2D eigenvalue weighted by Crippen LogP contribution is 2.19. The van der Waals surface area contributed by atoms with Crippen LogP contribution in [0.2, 0.25) is 0 Å². The Hall–Kier alpha value is -2.86. The van der Waals surface area contributed by atoms with E-state index in [1.165, 1.54) is 0 Å². The molecule has 1 aliphatic carbocycles. The molecule has 4 rings (SSSR count). The van der Waals surface area contributed by atoms with Crippen molar-refractivity contribution in [2.45, 2.75) is 25.5 Å². The maximum atomic E-state index is 13.1. The largest absolute Gasteiger partial charge is 0.489 e. The molecule has 2 fully saturated rings. The zero-order chi connectivity index (χ0) is 20.1. The Morgan fingerprint density at radius 2 is 1.62 bits per heavy atom. The Kier molecular flexibility index (Phi) is 6.10. The molecule has 0 unspecified atom stereocenters. The standard InChI is InChI=1S/C23H27N3O3/c27-22(24-19-10-11-19)16-25-12-14-26(15-13-25)23(28)21-9-5-4-6-18(21)17-29-20-7-2-1-3-8-20/h1-9,19H,10-17H2,(H,24,27). The van der Waals surface area contributed by atoms with Crippen molar-refractivity contribution in [1.29, 1.82) is 0 Å². The normalized spacial score (nSPS) is 17.0. The van der Waals surface area contributed by atoms with Crippen molar-refractivity contribution >= 4 is 11.8 Å². The number of carbonyl (C=O) groups excluding carboxylic acids is 2. The third kappa shape index (κ3) is 5.35. The first kappa shape index (κ1) is 19.5. The van der Waals surface area contributed by atoms with E-state index >= 15 is 0 Å². The number of piperazine rings is 1. The van der Waals surface area contributed by atoms with E-state index in [2.05, 4.69) is 10.2 Å². The van der Waals surface area contributed by atoms with E-state index < -0.39 is 0 Å². The number of amides is 2. The van der Waals surface area contributed by atoms with Crippen LogP contribution in [-0.2, 0) is 11.4 Å². The molecule has 152 valence electrons. The molecule has 1 saturated heterocycles. The van der Waals surface area contributed by atoms with Crippen LogP contribution in [0.25, 0.3) is 0 Å². The molecule has 0 atom stereocenters. The third-order valence-corrected chi connectivity index (χ3v) is 5.35. The van der Waals surface area contributed by atoms with E-state index in [0.717, 1.165) is 24.2 Å². The van der Waals surface area contributed by atoms with Crippen molar-refractivity contribution < 1.29 is 14.3 Å². The minimum Gasteiger partial charge on any atom is -0.489 e. The first-order valence-corrected chi connectivity index (χ1v) is 10.3. The summed E-state index contributed by atoms with van der Waals surface area (Å²) in [6.07, 6.45) is 2.20. The highest BCUT2D eigenvalue weighted by atomic mass is 16.5. The average molecular weight is 393 g/mol. The van der Waals surface area contributed by atoms with Crippen molar-refractivity contribution in [2.75, 3.05) is 32.7 Å². The molecule has 6 nitrogen and oxygen atoms in total. The number of rotatable bonds is 7. The topological polar surface area (TPSA) is 61.9 Å². The van der Waals surface area contributed by atoms with E-state index in [1.807, 2.05) is 59.5 Å². The molecule has 2 aromatic carbocycles. The molecule has 1 heterocycles. The molecular weight excluding hydrogens is 366 g/mol. The van der Waals surface area contributed by atoms with Gasteiger partial charge in [0.05, 0.1) is 6.54 Å². The van der Waals surface area contributed by atoms with Crippen molar-refractivity contribution in [2.24, 2.45) is 0 Å². The van der Waals surface area contributed by atoms with Gasteiger partial charge in [0, 0.05) is 43.3 Å². The van der Waals surface area contributed by atoms with Gasteiger partial charge in [0.2, 0.25) is 5.91 Å². The average Bonchev–Trinajstić information content (AvgIpc) is 3.57. The molecule has 29 heavy (non-hydrogen) atoms. The summed E-state index contributed by atoms with van der Waals surface area (Å²) in [7, 11) is 0. The molecule has 1 saturated carbocycles. The Balaban J connectivity index is 1.32. The number of benzene rings is 2. The van der Waals surface area contributed by atoms with Crippen LogP contribution in [-0.4, -0.2) is 60.4 Å². The second-order valence-corrected chi connectivity index (χ2v) is 7.67. The first-order chi connectivity index (χ1) is 14.2. The second-order valence-electron chi connectivity index (χ2n) is 7.67. The van der Waals surface area contributed by atoms with Crippen LogP contribution in [0.3, 0.4) is 0 Å². The predicted molar refractivity (Wildman–Crippen MR) is 111 cm³/mol. The van der Waals surface area contributed by atoms with Crippen molar-refractivity contribution in [1.82, 2.24) is 15.1 Å². The molecule has 1 aliphatic heterocycles. The van der Waals surface area contributed by atoms with E-state index in [-0.39, 0.29) is 11.8 Å². The van der Waals surface area contributed by atoms with Crippen LogP contribution >= 0.6 is 0 Å². The lowest BCUT2D eigenvalue weighted by Gasteiger charge is -2.34. The van der Waals surface area contributed by atoms with E-state index in [9.17, 15) is 9.59 Å². The van der Waals surface area contributed by atoms with Crippen LogP contribution in [0.15, 0.2) is 54.6 Å². The summed E-state index contributed by atoms with van der Waals surface area (Å²) in [6, 6.07) is 17.6.